The van der Waals surface area contributed by atoms with Crippen LogP contribution < -0.4 is 10.5 Å². The second-order valence-corrected chi connectivity index (χ2v) is 3.94. The van der Waals surface area contributed by atoms with Crippen LogP contribution in [-0.4, -0.2) is 21.6 Å². The summed E-state index contributed by atoms with van der Waals surface area (Å²) in [6, 6.07) is 2.22. The zero-order chi connectivity index (χ0) is 11.4. The van der Waals surface area contributed by atoms with E-state index < -0.39 is 0 Å². The Balaban J connectivity index is 2.29. The second-order valence-electron chi connectivity index (χ2n) is 3.16. The van der Waals surface area contributed by atoms with Gasteiger partial charge in [0.15, 0.2) is 5.82 Å². The fraction of sp³-hybridized carbons (Fsp3) is 0.300. The molecule has 6 heteroatoms. The maximum atomic E-state index is 5.60. The summed E-state index contributed by atoms with van der Waals surface area (Å²) >= 11 is 1.58. The van der Waals surface area contributed by atoms with Crippen LogP contribution in [0.4, 0.5) is 5.95 Å². The van der Waals surface area contributed by atoms with Crippen LogP contribution in [0.3, 0.4) is 0 Å². The number of nitrogens with zero attached hydrogens (tertiary/aromatic N) is 3. The van der Waals surface area contributed by atoms with Gasteiger partial charge in [0, 0.05) is 10.9 Å². The molecular formula is C10H12N4OS. The molecule has 0 aromatic carbocycles. The Hall–Kier alpha value is -1.69. The third kappa shape index (κ3) is 2.46. The summed E-state index contributed by atoms with van der Waals surface area (Å²) in [5.74, 6) is 0.738. The van der Waals surface area contributed by atoms with Crippen LogP contribution in [0.25, 0.3) is 11.4 Å². The Labute approximate surface area is 97.3 Å². The van der Waals surface area contributed by atoms with Crippen LogP contribution in [0, 0.1) is 0 Å². The van der Waals surface area contributed by atoms with E-state index in [1.165, 1.54) is 0 Å². The first-order valence-electron chi connectivity index (χ1n) is 4.96. The number of rotatable bonds is 4. The molecule has 2 rings (SSSR count). The molecule has 0 spiro atoms. The van der Waals surface area contributed by atoms with Gasteiger partial charge in [-0.15, -0.1) is 0 Å². The molecule has 0 radical (unpaired) electrons. The van der Waals surface area contributed by atoms with Gasteiger partial charge < -0.3 is 10.5 Å². The fourth-order valence-corrected chi connectivity index (χ4v) is 1.79. The second kappa shape index (κ2) is 4.89. The number of ether oxygens (including phenoxy) is 1. The van der Waals surface area contributed by atoms with E-state index in [0.717, 1.165) is 12.0 Å². The molecule has 2 aromatic rings. The van der Waals surface area contributed by atoms with E-state index in [-0.39, 0.29) is 12.0 Å². The van der Waals surface area contributed by atoms with Crippen molar-refractivity contribution in [3.05, 3.63) is 16.8 Å². The molecule has 2 N–H and O–H groups in total. The first-order chi connectivity index (χ1) is 7.79. The molecule has 0 amide bonds. The molecule has 2 heterocycles. The van der Waals surface area contributed by atoms with Crippen molar-refractivity contribution in [3.63, 3.8) is 0 Å². The highest BCUT2D eigenvalue weighted by Crippen LogP contribution is 2.20. The molecule has 0 aliphatic carbocycles. The first-order valence-corrected chi connectivity index (χ1v) is 5.91. The van der Waals surface area contributed by atoms with Crippen molar-refractivity contribution in [1.29, 1.82) is 0 Å². The number of hydrogen-bond acceptors (Lipinski definition) is 6. The normalized spacial score (nSPS) is 10.3. The number of nitrogen functional groups attached to an aromatic ring is 1. The molecule has 0 fully saturated rings. The number of thiophene rings is 1. The Morgan fingerprint density at radius 2 is 2.25 bits per heavy atom. The first kappa shape index (κ1) is 10.8. The largest absolute Gasteiger partial charge is 0.463 e. The summed E-state index contributed by atoms with van der Waals surface area (Å²) in [6.07, 6.45) is 0.902. The highest BCUT2D eigenvalue weighted by molar-refractivity contribution is 7.08. The predicted octanol–water partition coefficient (Wildman–Crippen LogP) is 1.97. The van der Waals surface area contributed by atoms with Crippen LogP contribution in [0.15, 0.2) is 16.8 Å². The summed E-state index contributed by atoms with van der Waals surface area (Å²) < 4.78 is 5.34. The molecule has 5 nitrogen and oxygen atoms in total. The van der Waals surface area contributed by atoms with Gasteiger partial charge in [0.05, 0.1) is 6.61 Å². The van der Waals surface area contributed by atoms with Gasteiger partial charge in [0.1, 0.15) is 0 Å². The van der Waals surface area contributed by atoms with Gasteiger partial charge in [0.2, 0.25) is 5.95 Å². The Kier molecular flexibility index (Phi) is 3.31. The quantitative estimate of drug-likeness (QED) is 0.878. The Morgan fingerprint density at radius 3 is 2.94 bits per heavy atom. The van der Waals surface area contributed by atoms with Gasteiger partial charge in [-0.05, 0) is 17.9 Å². The van der Waals surface area contributed by atoms with Crippen LogP contribution in [0.5, 0.6) is 6.01 Å². The van der Waals surface area contributed by atoms with Crippen LogP contribution in [0.1, 0.15) is 13.3 Å². The molecule has 84 valence electrons. The summed E-state index contributed by atoms with van der Waals surface area (Å²) in [7, 11) is 0. The molecule has 0 saturated carbocycles. The van der Waals surface area contributed by atoms with Crippen molar-refractivity contribution < 1.29 is 4.74 Å². The summed E-state index contributed by atoms with van der Waals surface area (Å²) in [6.45, 7) is 2.59. The average molecular weight is 236 g/mol. The summed E-state index contributed by atoms with van der Waals surface area (Å²) in [5, 5.41) is 3.92. The molecule has 2 aromatic heterocycles. The number of aromatic nitrogens is 3. The highest BCUT2D eigenvalue weighted by atomic mass is 32.1. The van der Waals surface area contributed by atoms with E-state index in [1.807, 2.05) is 23.8 Å². The van der Waals surface area contributed by atoms with E-state index in [0.29, 0.717) is 12.4 Å². The van der Waals surface area contributed by atoms with Crippen molar-refractivity contribution in [2.45, 2.75) is 13.3 Å². The van der Waals surface area contributed by atoms with E-state index in [1.54, 1.807) is 11.3 Å². The smallest absolute Gasteiger partial charge is 0.321 e. The highest BCUT2D eigenvalue weighted by Gasteiger charge is 2.07. The standard InChI is InChI=1S/C10H12N4OS/c1-2-4-15-10-13-8(12-9(11)14-10)7-3-5-16-6-7/h3,5-6H,2,4H2,1H3,(H2,11,12,13,14). The van der Waals surface area contributed by atoms with Gasteiger partial charge in [-0.2, -0.15) is 26.3 Å². The number of hydrogen-bond donors (Lipinski definition) is 1. The van der Waals surface area contributed by atoms with Gasteiger partial charge in [-0.1, -0.05) is 6.92 Å². The van der Waals surface area contributed by atoms with Crippen LogP contribution in [0.2, 0.25) is 0 Å². The fourth-order valence-electron chi connectivity index (χ4n) is 1.15. The zero-order valence-corrected chi connectivity index (χ0v) is 9.70. The van der Waals surface area contributed by atoms with Gasteiger partial charge in [-0.3, -0.25) is 0 Å². The van der Waals surface area contributed by atoms with Gasteiger partial charge in [0.25, 0.3) is 0 Å². The SMILES string of the molecule is CCCOc1nc(N)nc(-c2ccsc2)n1. The molecule has 0 saturated heterocycles. The number of nitrogens with two attached hydrogens (primary N) is 1. The Morgan fingerprint density at radius 1 is 1.38 bits per heavy atom. The monoisotopic (exact) mass is 236 g/mol. The van der Waals surface area contributed by atoms with Gasteiger partial charge in [-0.25, -0.2) is 0 Å². The van der Waals surface area contributed by atoms with Crippen molar-refractivity contribution in [2.75, 3.05) is 12.3 Å². The summed E-state index contributed by atoms with van der Waals surface area (Å²) in [5.41, 5.74) is 6.53. The van der Waals surface area contributed by atoms with Crippen molar-refractivity contribution >= 4 is 17.3 Å². The lowest BCUT2D eigenvalue weighted by atomic mass is 10.3. The maximum absolute atomic E-state index is 5.60. The molecule has 16 heavy (non-hydrogen) atoms. The molecule has 0 atom stereocenters. The summed E-state index contributed by atoms with van der Waals surface area (Å²) in [4.78, 5) is 12.2. The molecule has 0 unspecified atom stereocenters. The van der Waals surface area contributed by atoms with Crippen LogP contribution >= 0.6 is 11.3 Å². The topological polar surface area (TPSA) is 73.9 Å². The zero-order valence-electron chi connectivity index (χ0n) is 8.88. The van der Waals surface area contributed by atoms with Crippen molar-refractivity contribution in [2.24, 2.45) is 0 Å². The Bertz CT molecular complexity index is 458. The lowest BCUT2D eigenvalue weighted by Crippen LogP contribution is -2.05. The lowest BCUT2D eigenvalue weighted by molar-refractivity contribution is 0.292. The van der Waals surface area contributed by atoms with E-state index in [4.69, 9.17) is 10.5 Å². The molecule has 0 aliphatic heterocycles. The van der Waals surface area contributed by atoms with Crippen molar-refractivity contribution in [3.8, 4) is 17.4 Å². The third-order valence-electron chi connectivity index (χ3n) is 1.85. The minimum absolute atomic E-state index is 0.183. The minimum atomic E-state index is 0.183. The maximum Gasteiger partial charge on any atom is 0.321 e. The van der Waals surface area contributed by atoms with E-state index in [9.17, 15) is 0 Å². The predicted molar refractivity (Wildman–Crippen MR) is 63.3 cm³/mol. The lowest BCUT2D eigenvalue weighted by Gasteiger charge is -2.04. The van der Waals surface area contributed by atoms with E-state index in [2.05, 4.69) is 15.0 Å². The minimum Gasteiger partial charge on any atom is -0.463 e. The molecular weight excluding hydrogens is 224 g/mol. The van der Waals surface area contributed by atoms with Gasteiger partial charge >= 0.3 is 6.01 Å². The average Bonchev–Trinajstić information content (AvgIpc) is 2.79. The van der Waals surface area contributed by atoms with Crippen LogP contribution in [-0.2, 0) is 0 Å². The van der Waals surface area contributed by atoms with E-state index >= 15 is 0 Å². The molecule has 0 aliphatic rings. The number of anilines is 1. The third-order valence-corrected chi connectivity index (χ3v) is 2.53. The molecule has 0 bridgehead atoms. The van der Waals surface area contributed by atoms with Crippen molar-refractivity contribution in [1.82, 2.24) is 15.0 Å².